The van der Waals surface area contributed by atoms with E-state index in [1.54, 1.807) is 48.5 Å². The topological polar surface area (TPSA) is 220 Å². The van der Waals surface area contributed by atoms with Gasteiger partial charge in [0.1, 0.15) is 23.9 Å². The number of para-hydroxylation sites is 3. The van der Waals surface area contributed by atoms with E-state index in [1.807, 2.05) is 6.07 Å². The molecule has 2 aromatic heterocycles. The SMILES string of the molecule is CC(=O)OC[C@@H]1O[C@H](OCC(OC(C)=O)C(OC(C)=O)c2nn(-c3ccccc3)c3nc4ccccc4nc23)[C@H](OC(C)=O)[C@H](OC(C)=O)[C@H]1OC(C)=O. The standard InChI is InChI=1S/C36H38N4O14/c1-18(41)47-16-28-32(51-21(4)44)33(52-22(5)45)34(53-23(6)46)36(54-28)48-17-27(49-19(2)42)31(50-20(3)43)29-30-35(38-26-15-11-10-14-25(26)37-30)40(39-29)24-12-8-7-9-13-24/h7-15,27-28,31-34,36H,16-17H2,1-6H3/t27?,28-,31?,32-,33+,34+,36-/m0/s1. The van der Waals surface area contributed by atoms with E-state index in [9.17, 15) is 28.8 Å². The molecule has 0 aliphatic carbocycles. The fourth-order valence-corrected chi connectivity index (χ4v) is 5.85. The van der Waals surface area contributed by atoms with Gasteiger partial charge < -0.3 is 37.9 Å². The van der Waals surface area contributed by atoms with E-state index in [4.69, 9.17) is 53.0 Å². The van der Waals surface area contributed by atoms with E-state index in [2.05, 4.69) is 0 Å². The second-order valence-corrected chi connectivity index (χ2v) is 12.1. The Kier molecular flexibility index (Phi) is 12.5. The van der Waals surface area contributed by atoms with E-state index in [0.717, 1.165) is 41.5 Å². The highest BCUT2D eigenvalue weighted by molar-refractivity contribution is 5.87. The predicted octanol–water partition coefficient (Wildman–Crippen LogP) is 2.60. The highest BCUT2D eigenvalue weighted by Gasteiger charge is 2.53. The molecule has 1 aliphatic heterocycles. The molecule has 0 N–H and O–H groups in total. The van der Waals surface area contributed by atoms with Crippen molar-refractivity contribution < 1.29 is 66.7 Å². The number of hydrogen-bond donors (Lipinski definition) is 0. The molecule has 54 heavy (non-hydrogen) atoms. The quantitative estimate of drug-likeness (QED) is 0.142. The number of fused-ring (bicyclic) bond motifs is 2. The Morgan fingerprint density at radius 1 is 0.685 bits per heavy atom. The molecule has 1 aliphatic rings. The van der Waals surface area contributed by atoms with Crippen LogP contribution in [0.1, 0.15) is 53.3 Å². The van der Waals surface area contributed by atoms with Crippen LogP contribution in [0.3, 0.4) is 0 Å². The third kappa shape index (κ3) is 9.50. The number of rotatable bonds is 13. The number of ether oxygens (including phenoxy) is 8. The van der Waals surface area contributed by atoms with Gasteiger partial charge in [0, 0.05) is 41.5 Å². The molecule has 1 fully saturated rings. The Labute approximate surface area is 307 Å². The highest BCUT2D eigenvalue weighted by atomic mass is 16.7. The number of nitrogens with zero attached hydrogens (tertiary/aromatic N) is 4. The van der Waals surface area contributed by atoms with Gasteiger partial charge in [-0.3, -0.25) is 28.8 Å². The molecule has 3 heterocycles. The van der Waals surface area contributed by atoms with Crippen molar-refractivity contribution in [3.05, 3.63) is 60.3 Å². The third-order valence-corrected chi connectivity index (χ3v) is 7.79. The lowest BCUT2D eigenvalue weighted by molar-refractivity contribution is -0.312. The molecule has 0 spiro atoms. The smallest absolute Gasteiger partial charge is 0.303 e. The molecule has 2 aromatic carbocycles. The summed E-state index contributed by atoms with van der Waals surface area (Å²) >= 11 is 0. The van der Waals surface area contributed by atoms with Gasteiger partial charge in [-0.05, 0) is 24.3 Å². The van der Waals surface area contributed by atoms with Crippen LogP contribution in [0.4, 0.5) is 0 Å². The minimum atomic E-state index is -1.64. The monoisotopic (exact) mass is 750 g/mol. The predicted molar refractivity (Wildman–Crippen MR) is 182 cm³/mol. The Morgan fingerprint density at radius 2 is 1.26 bits per heavy atom. The van der Waals surface area contributed by atoms with Crippen LogP contribution in [0.25, 0.3) is 27.9 Å². The van der Waals surface area contributed by atoms with Gasteiger partial charge in [0.15, 0.2) is 42.5 Å². The summed E-state index contributed by atoms with van der Waals surface area (Å²) < 4.78 is 46.6. The second-order valence-electron chi connectivity index (χ2n) is 12.1. The van der Waals surface area contributed by atoms with Gasteiger partial charge in [-0.2, -0.15) is 5.10 Å². The van der Waals surface area contributed by atoms with Gasteiger partial charge in [0.05, 0.1) is 23.3 Å². The molecule has 2 unspecified atom stereocenters. The molecule has 7 atom stereocenters. The Bertz CT molecular complexity index is 2040. The number of aromatic nitrogens is 4. The molecule has 0 radical (unpaired) electrons. The summed E-state index contributed by atoms with van der Waals surface area (Å²) in [4.78, 5) is 83.4. The summed E-state index contributed by atoms with van der Waals surface area (Å²) in [6.07, 6.45) is -10.4. The fraction of sp³-hybridized carbons (Fsp3) is 0.417. The maximum atomic E-state index is 12.7. The zero-order valence-electron chi connectivity index (χ0n) is 30.2. The number of benzene rings is 2. The van der Waals surface area contributed by atoms with Gasteiger partial charge in [-0.15, -0.1) is 0 Å². The maximum absolute atomic E-state index is 12.7. The Hall–Kier alpha value is -6.01. The molecular formula is C36H38N4O14. The van der Waals surface area contributed by atoms with Gasteiger partial charge in [0.25, 0.3) is 0 Å². The maximum Gasteiger partial charge on any atom is 0.303 e. The number of carbonyl (C=O) groups excluding carboxylic acids is 6. The third-order valence-electron chi connectivity index (χ3n) is 7.79. The first-order chi connectivity index (χ1) is 25.7. The minimum Gasteiger partial charge on any atom is -0.463 e. The second kappa shape index (κ2) is 17.2. The summed E-state index contributed by atoms with van der Waals surface area (Å²) in [6.45, 7) is 5.53. The van der Waals surface area contributed by atoms with Gasteiger partial charge >= 0.3 is 35.8 Å². The van der Waals surface area contributed by atoms with Crippen molar-refractivity contribution in [2.45, 2.75) is 84.5 Å². The summed E-state index contributed by atoms with van der Waals surface area (Å²) in [5.41, 5.74) is 2.22. The van der Waals surface area contributed by atoms with Crippen LogP contribution < -0.4 is 0 Å². The molecule has 18 heteroatoms. The van der Waals surface area contributed by atoms with Crippen LogP contribution in [0.5, 0.6) is 0 Å². The minimum absolute atomic E-state index is 0.0544. The summed E-state index contributed by atoms with van der Waals surface area (Å²) in [6, 6.07) is 16.1. The lowest BCUT2D eigenvalue weighted by atomic mass is 9.98. The molecule has 0 saturated carbocycles. The first-order valence-electron chi connectivity index (χ1n) is 16.7. The van der Waals surface area contributed by atoms with E-state index in [1.165, 1.54) is 4.68 Å². The molecule has 0 amide bonds. The molecule has 1 saturated heterocycles. The van der Waals surface area contributed by atoms with Crippen molar-refractivity contribution in [2.75, 3.05) is 13.2 Å². The summed E-state index contributed by atoms with van der Waals surface area (Å²) in [5, 5.41) is 4.76. The van der Waals surface area contributed by atoms with Crippen LogP contribution >= 0.6 is 0 Å². The van der Waals surface area contributed by atoms with Crippen LogP contribution in [-0.4, -0.2) is 106 Å². The number of hydrogen-bond acceptors (Lipinski definition) is 17. The molecule has 4 aromatic rings. The van der Waals surface area contributed by atoms with Crippen LogP contribution in [0, 0.1) is 0 Å². The number of esters is 6. The van der Waals surface area contributed by atoms with Crippen molar-refractivity contribution in [1.82, 2.24) is 19.7 Å². The Balaban J connectivity index is 1.59. The average molecular weight is 751 g/mol. The van der Waals surface area contributed by atoms with Gasteiger partial charge in [-0.1, -0.05) is 30.3 Å². The van der Waals surface area contributed by atoms with Crippen LogP contribution in [0.15, 0.2) is 54.6 Å². The van der Waals surface area contributed by atoms with Crippen molar-refractivity contribution in [1.29, 1.82) is 0 Å². The lowest BCUT2D eigenvalue weighted by Gasteiger charge is -2.44. The van der Waals surface area contributed by atoms with Crippen molar-refractivity contribution >= 4 is 58.0 Å². The fourth-order valence-electron chi connectivity index (χ4n) is 5.85. The largest absolute Gasteiger partial charge is 0.463 e. The molecule has 5 rings (SSSR count). The van der Waals surface area contributed by atoms with E-state index >= 15 is 0 Å². The lowest BCUT2D eigenvalue weighted by Crippen LogP contribution is -2.63. The zero-order chi connectivity index (χ0) is 39.1. The van der Waals surface area contributed by atoms with Crippen molar-refractivity contribution in [3.63, 3.8) is 0 Å². The van der Waals surface area contributed by atoms with Gasteiger partial charge in [0.2, 0.25) is 0 Å². The van der Waals surface area contributed by atoms with E-state index < -0.39 is 91.9 Å². The highest BCUT2D eigenvalue weighted by Crippen LogP contribution is 2.34. The van der Waals surface area contributed by atoms with Crippen LogP contribution in [0.2, 0.25) is 0 Å². The first-order valence-corrected chi connectivity index (χ1v) is 16.7. The molecule has 18 nitrogen and oxygen atoms in total. The summed E-state index contributed by atoms with van der Waals surface area (Å²) in [7, 11) is 0. The van der Waals surface area contributed by atoms with E-state index in [-0.39, 0.29) is 11.2 Å². The molecule has 286 valence electrons. The van der Waals surface area contributed by atoms with Crippen molar-refractivity contribution in [3.8, 4) is 5.69 Å². The number of carbonyl (C=O) groups is 6. The summed E-state index contributed by atoms with van der Waals surface area (Å²) in [5.74, 6) is -4.80. The van der Waals surface area contributed by atoms with Crippen LogP contribution in [-0.2, 0) is 66.7 Å². The molecule has 0 bridgehead atoms. The normalized spacial score (nSPS) is 20.7. The molecular weight excluding hydrogens is 712 g/mol. The Morgan fingerprint density at radius 3 is 1.85 bits per heavy atom. The first kappa shape index (κ1) is 39.2. The van der Waals surface area contributed by atoms with E-state index in [0.29, 0.717) is 22.4 Å². The zero-order valence-corrected chi connectivity index (χ0v) is 30.2. The average Bonchev–Trinajstić information content (AvgIpc) is 3.46. The van der Waals surface area contributed by atoms with Crippen molar-refractivity contribution in [2.24, 2.45) is 0 Å². The van der Waals surface area contributed by atoms with Gasteiger partial charge in [-0.25, -0.2) is 14.6 Å².